The molecule has 18 heavy (non-hydrogen) atoms. The monoisotopic (exact) mass is 254 g/mol. The molecule has 7 heteroatoms. The number of methoxy groups -OCH3 is 2. The van der Waals surface area contributed by atoms with Crippen LogP contribution >= 0.6 is 0 Å². The van der Waals surface area contributed by atoms with Crippen LogP contribution in [0.25, 0.3) is 0 Å². The fourth-order valence-corrected chi connectivity index (χ4v) is 2.35. The second-order valence-corrected chi connectivity index (χ2v) is 4.24. The number of nitrogens with zero attached hydrogens (tertiary/aromatic N) is 2. The van der Waals surface area contributed by atoms with E-state index in [9.17, 15) is 4.79 Å². The highest BCUT2D eigenvalue weighted by Gasteiger charge is 2.41. The zero-order chi connectivity index (χ0) is 12.7. The second-order valence-electron chi connectivity index (χ2n) is 4.24. The van der Waals surface area contributed by atoms with Crippen LogP contribution in [0, 0.1) is 0 Å². The van der Waals surface area contributed by atoms with Crippen LogP contribution in [0.5, 0.6) is 11.8 Å². The van der Waals surface area contributed by atoms with E-state index in [-0.39, 0.29) is 24.3 Å². The minimum Gasteiger partial charge on any atom is -0.481 e. The molecule has 0 unspecified atom stereocenters. The normalized spacial score (nSPS) is 29.3. The van der Waals surface area contributed by atoms with E-state index in [0.717, 1.165) is 0 Å². The number of hydrogen-bond acceptors (Lipinski definition) is 6. The van der Waals surface area contributed by atoms with Gasteiger partial charge in [-0.15, -0.1) is 0 Å². The SMILES string of the molecule is COc1cc2n(c(=O)n1)[C@H]1C[C@H](OC)[C@@H](CO2)O1. The Hall–Kier alpha value is -1.60. The van der Waals surface area contributed by atoms with Crippen molar-refractivity contribution in [3.63, 3.8) is 0 Å². The number of hydrogen-bond donors (Lipinski definition) is 0. The van der Waals surface area contributed by atoms with Crippen LogP contribution in [0.4, 0.5) is 0 Å². The first kappa shape index (κ1) is 11.5. The maximum atomic E-state index is 12.0. The molecule has 7 nitrogen and oxygen atoms in total. The highest BCUT2D eigenvalue weighted by atomic mass is 16.6. The van der Waals surface area contributed by atoms with Gasteiger partial charge in [0.05, 0.1) is 19.3 Å². The Morgan fingerprint density at radius 1 is 1.50 bits per heavy atom. The Morgan fingerprint density at radius 2 is 2.33 bits per heavy atom. The van der Waals surface area contributed by atoms with Crippen molar-refractivity contribution in [3.05, 3.63) is 16.6 Å². The summed E-state index contributed by atoms with van der Waals surface area (Å²) in [6, 6.07) is 1.59. The zero-order valence-electron chi connectivity index (χ0n) is 10.2. The van der Waals surface area contributed by atoms with Gasteiger partial charge in [0.2, 0.25) is 11.8 Å². The Balaban J connectivity index is 2.04. The highest BCUT2D eigenvalue weighted by Crippen LogP contribution is 2.35. The molecule has 1 aromatic rings. The summed E-state index contributed by atoms with van der Waals surface area (Å²) in [5.74, 6) is 0.668. The second kappa shape index (κ2) is 4.25. The Labute approximate surface area is 103 Å². The molecule has 1 aromatic heterocycles. The first-order valence-electron chi connectivity index (χ1n) is 5.71. The van der Waals surface area contributed by atoms with Gasteiger partial charge in [-0.05, 0) is 0 Å². The molecule has 2 aliphatic heterocycles. The van der Waals surface area contributed by atoms with E-state index in [1.54, 1.807) is 13.2 Å². The van der Waals surface area contributed by atoms with Gasteiger partial charge < -0.3 is 18.9 Å². The average Bonchev–Trinajstić information content (AvgIpc) is 2.67. The van der Waals surface area contributed by atoms with Crippen molar-refractivity contribution in [2.45, 2.75) is 24.9 Å². The molecule has 0 aromatic carbocycles. The average molecular weight is 254 g/mol. The van der Waals surface area contributed by atoms with E-state index in [0.29, 0.717) is 18.9 Å². The molecule has 2 aliphatic rings. The largest absolute Gasteiger partial charge is 0.481 e. The summed E-state index contributed by atoms with van der Waals surface area (Å²) in [6.07, 6.45) is 0.0108. The molecule has 3 heterocycles. The first-order chi connectivity index (χ1) is 8.72. The molecule has 2 bridgehead atoms. The summed E-state index contributed by atoms with van der Waals surface area (Å²) in [4.78, 5) is 15.7. The standard InChI is InChI=1S/C11H14N2O5/c1-15-6-3-10-13-9(17-5-7(6)18-10)4-8(16-2)12-11(13)14/h4,6-7,10H,3,5H2,1-2H3/t6-,7+,10+/m0/s1. The molecule has 0 aliphatic carbocycles. The van der Waals surface area contributed by atoms with Gasteiger partial charge in [-0.3, -0.25) is 0 Å². The van der Waals surface area contributed by atoms with Crippen LogP contribution in [-0.4, -0.2) is 42.6 Å². The van der Waals surface area contributed by atoms with Crippen molar-refractivity contribution in [2.75, 3.05) is 20.8 Å². The Bertz CT molecular complexity index is 515. The topological polar surface area (TPSA) is 71.8 Å². The van der Waals surface area contributed by atoms with Crippen LogP contribution in [0.3, 0.4) is 0 Å². The minimum atomic E-state index is -0.438. The van der Waals surface area contributed by atoms with Crippen LogP contribution in [0.15, 0.2) is 10.9 Å². The first-order valence-corrected chi connectivity index (χ1v) is 5.71. The van der Waals surface area contributed by atoms with Crippen molar-refractivity contribution in [3.8, 4) is 11.8 Å². The minimum absolute atomic E-state index is 0.0582. The predicted octanol–water partition coefficient (Wildman–Crippen LogP) is -0.0532. The molecule has 98 valence electrons. The van der Waals surface area contributed by atoms with Crippen LogP contribution < -0.4 is 15.2 Å². The zero-order valence-corrected chi connectivity index (χ0v) is 10.2. The third-order valence-corrected chi connectivity index (χ3v) is 3.27. The molecule has 0 radical (unpaired) electrons. The van der Waals surface area contributed by atoms with Gasteiger partial charge in [0, 0.05) is 13.5 Å². The van der Waals surface area contributed by atoms with Gasteiger partial charge in [-0.25, -0.2) is 9.36 Å². The number of ether oxygens (including phenoxy) is 4. The fourth-order valence-electron chi connectivity index (χ4n) is 2.35. The number of aromatic nitrogens is 2. The number of rotatable bonds is 2. The van der Waals surface area contributed by atoms with Crippen molar-refractivity contribution in [1.29, 1.82) is 0 Å². The molecular weight excluding hydrogens is 240 g/mol. The summed E-state index contributed by atoms with van der Waals surface area (Å²) in [6.45, 7) is 0.349. The van der Waals surface area contributed by atoms with Gasteiger partial charge in [0.1, 0.15) is 18.9 Å². The van der Waals surface area contributed by atoms with E-state index < -0.39 is 5.69 Å². The predicted molar refractivity (Wildman–Crippen MR) is 59.9 cm³/mol. The van der Waals surface area contributed by atoms with E-state index in [1.165, 1.54) is 11.7 Å². The van der Waals surface area contributed by atoms with E-state index in [4.69, 9.17) is 18.9 Å². The van der Waals surface area contributed by atoms with Crippen molar-refractivity contribution < 1.29 is 18.9 Å². The lowest BCUT2D eigenvalue weighted by Crippen LogP contribution is -2.31. The molecule has 3 rings (SSSR count). The lowest BCUT2D eigenvalue weighted by molar-refractivity contribution is -0.0315. The highest BCUT2D eigenvalue weighted by molar-refractivity contribution is 5.21. The quantitative estimate of drug-likeness (QED) is 0.736. The van der Waals surface area contributed by atoms with Crippen LogP contribution in [0.1, 0.15) is 12.6 Å². The van der Waals surface area contributed by atoms with Gasteiger partial charge in [-0.2, -0.15) is 4.98 Å². The van der Waals surface area contributed by atoms with E-state index in [1.807, 2.05) is 0 Å². The molecule has 0 spiro atoms. The van der Waals surface area contributed by atoms with Gasteiger partial charge in [0.25, 0.3) is 0 Å². The van der Waals surface area contributed by atoms with Crippen LogP contribution in [-0.2, 0) is 9.47 Å². The molecular formula is C11H14N2O5. The molecule has 1 fully saturated rings. The third-order valence-electron chi connectivity index (χ3n) is 3.27. The Morgan fingerprint density at radius 3 is 3.06 bits per heavy atom. The lowest BCUT2D eigenvalue weighted by Gasteiger charge is -2.18. The fraction of sp³-hybridized carbons (Fsp3) is 0.636. The maximum absolute atomic E-state index is 12.0. The van der Waals surface area contributed by atoms with E-state index in [2.05, 4.69) is 4.98 Å². The molecule has 3 atom stereocenters. The summed E-state index contributed by atoms with van der Waals surface area (Å²) in [5, 5.41) is 0. The summed E-state index contributed by atoms with van der Waals surface area (Å²) < 4.78 is 23.0. The van der Waals surface area contributed by atoms with Crippen molar-refractivity contribution in [1.82, 2.24) is 9.55 Å². The lowest BCUT2D eigenvalue weighted by atomic mass is 10.2. The van der Waals surface area contributed by atoms with Gasteiger partial charge in [0.15, 0.2) is 0 Å². The van der Waals surface area contributed by atoms with Crippen molar-refractivity contribution >= 4 is 0 Å². The Kier molecular flexibility index (Phi) is 2.71. The van der Waals surface area contributed by atoms with Crippen LogP contribution in [0.2, 0.25) is 0 Å². The molecule has 0 amide bonds. The van der Waals surface area contributed by atoms with Gasteiger partial charge in [-0.1, -0.05) is 0 Å². The van der Waals surface area contributed by atoms with E-state index >= 15 is 0 Å². The summed E-state index contributed by atoms with van der Waals surface area (Å²) in [7, 11) is 3.08. The maximum Gasteiger partial charge on any atom is 0.355 e. The summed E-state index contributed by atoms with van der Waals surface area (Å²) >= 11 is 0. The molecule has 0 saturated carbocycles. The van der Waals surface area contributed by atoms with Gasteiger partial charge >= 0.3 is 5.69 Å². The number of fused-ring (bicyclic) bond motifs is 4. The third kappa shape index (κ3) is 1.67. The molecule has 1 saturated heterocycles. The molecule has 0 N–H and O–H groups in total. The summed E-state index contributed by atoms with van der Waals surface area (Å²) in [5.41, 5.74) is -0.438. The van der Waals surface area contributed by atoms with Crippen molar-refractivity contribution in [2.24, 2.45) is 0 Å². The smallest absolute Gasteiger partial charge is 0.355 e.